The molecule has 6 nitrogen and oxygen atoms in total. The fourth-order valence-corrected chi connectivity index (χ4v) is 5.39. The van der Waals surface area contributed by atoms with Crippen LogP contribution in [0.2, 0.25) is 0 Å². The number of piperidine rings is 1. The predicted octanol–water partition coefficient (Wildman–Crippen LogP) is 4.05. The molecule has 1 atom stereocenters. The molecule has 1 aliphatic carbocycles. The van der Waals surface area contributed by atoms with Crippen molar-refractivity contribution in [1.29, 1.82) is 0 Å². The Kier molecular flexibility index (Phi) is 7.02. The van der Waals surface area contributed by atoms with E-state index in [1.54, 1.807) is 12.4 Å². The first kappa shape index (κ1) is 22.0. The van der Waals surface area contributed by atoms with Crippen LogP contribution in [0.3, 0.4) is 0 Å². The van der Waals surface area contributed by atoms with E-state index in [1.165, 1.54) is 5.56 Å². The molecule has 31 heavy (non-hydrogen) atoms. The first-order chi connectivity index (χ1) is 15.0. The molecule has 2 heterocycles. The zero-order chi connectivity index (χ0) is 21.7. The highest BCUT2D eigenvalue weighted by molar-refractivity contribution is 7.89. The van der Waals surface area contributed by atoms with E-state index in [0.717, 1.165) is 49.9 Å². The summed E-state index contributed by atoms with van der Waals surface area (Å²) in [5.74, 6) is 0.587. The summed E-state index contributed by atoms with van der Waals surface area (Å²) in [7, 11) is -3.42. The molecule has 1 saturated heterocycles. The largest absolute Gasteiger partial charge is 0.377 e. The zero-order valence-electron chi connectivity index (χ0n) is 18.1. The van der Waals surface area contributed by atoms with Gasteiger partial charge < -0.3 is 9.64 Å². The van der Waals surface area contributed by atoms with Crippen molar-refractivity contribution in [2.75, 3.05) is 30.9 Å². The molecule has 4 rings (SSSR count). The molecule has 0 radical (unpaired) electrons. The normalized spacial score (nSPS) is 26.2. The molecule has 1 aliphatic heterocycles. The molecule has 7 heteroatoms. The van der Waals surface area contributed by atoms with E-state index >= 15 is 0 Å². The average Bonchev–Trinajstić information content (AvgIpc) is 2.79. The molecule has 2 aromatic rings. The lowest BCUT2D eigenvalue weighted by atomic mass is 9.83. The van der Waals surface area contributed by atoms with E-state index < -0.39 is 10.0 Å². The summed E-state index contributed by atoms with van der Waals surface area (Å²) in [5.41, 5.74) is 3.26. The van der Waals surface area contributed by atoms with Gasteiger partial charge in [0, 0.05) is 49.2 Å². The molecule has 2 aliphatic rings. The zero-order valence-corrected chi connectivity index (χ0v) is 18.9. The van der Waals surface area contributed by atoms with Crippen LogP contribution in [0.4, 0.5) is 5.69 Å². The highest BCUT2D eigenvalue weighted by Crippen LogP contribution is 2.34. The van der Waals surface area contributed by atoms with Crippen molar-refractivity contribution < 1.29 is 13.2 Å². The van der Waals surface area contributed by atoms with E-state index in [0.29, 0.717) is 25.5 Å². The van der Waals surface area contributed by atoms with E-state index in [2.05, 4.69) is 44.6 Å². The number of anilines is 1. The van der Waals surface area contributed by atoms with Crippen molar-refractivity contribution in [3.63, 3.8) is 0 Å². The Bertz CT molecular complexity index is 972. The summed E-state index contributed by atoms with van der Waals surface area (Å²) >= 11 is 0. The smallest absolute Gasteiger partial charge is 0.250 e. The Hall–Kier alpha value is -2.25. The second-order valence-corrected chi connectivity index (χ2v) is 10.3. The summed E-state index contributed by atoms with van der Waals surface area (Å²) in [6.45, 7) is 1.96. The van der Waals surface area contributed by atoms with Crippen molar-refractivity contribution in [3.05, 3.63) is 60.4 Å². The molecule has 0 N–H and O–H groups in total. The number of pyridine rings is 1. The summed E-state index contributed by atoms with van der Waals surface area (Å²) in [6, 6.07) is 14.7. The number of benzene rings is 1. The third-order valence-electron chi connectivity index (χ3n) is 6.34. The molecule has 0 unspecified atom stereocenters. The lowest BCUT2D eigenvalue weighted by Gasteiger charge is -2.36. The van der Waals surface area contributed by atoms with Gasteiger partial charge in [-0.1, -0.05) is 30.3 Å². The van der Waals surface area contributed by atoms with Crippen LogP contribution < -0.4 is 4.90 Å². The predicted molar refractivity (Wildman–Crippen MR) is 124 cm³/mol. The summed E-state index contributed by atoms with van der Waals surface area (Å²) < 4.78 is 34.0. The minimum atomic E-state index is -3.42. The number of hydrogen-bond donors (Lipinski definition) is 0. The summed E-state index contributed by atoms with van der Waals surface area (Å²) in [6.07, 6.45) is 9.94. The first-order valence-electron chi connectivity index (χ1n) is 11.1. The quantitative estimate of drug-likeness (QED) is 0.676. The van der Waals surface area contributed by atoms with Crippen molar-refractivity contribution in [1.82, 2.24) is 4.98 Å². The number of nitrogens with zero attached hydrogens (tertiary/aromatic N) is 3. The number of hydrogen-bond acceptors (Lipinski definition) is 5. The molecule has 2 fully saturated rings. The summed E-state index contributed by atoms with van der Waals surface area (Å²) in [4.78, 5) is 6.36. The van der Waals surface area contributed by atoms with E-state index in [1.807, 2.05) is 12.1 Å². The van der Waals surface area contributed by atoms with Gasteiger partial charge in [-0.05, 0) is 49.3 Å². The van der Waals surface area contributed by atoms with Gasteiger partial charge in [0.1, 0.15) is 0 Å². The minimum absolute atomic E-state index is 0.0245. The van der Waals surface area contributed by atoms with Crippen LogP contribution in [0, 0.1) is 5.92 Å². The highest BCUT2D eigenvalue weighted by atomic mass is 32.2. The molecule has 0 amide bonds. The monoisotopic (exact) mass is 441 g/mol. The van der Waals surface area contributed by atoms with Crippen LogP contribution in [0.5, 0.6) is 0 Å². The molecular formula is C24H31N3O3S. The second-order valence-electron chi connectivity index (χ2n) is 8.63. The number of ether oxygens (including phenoxy) is 1. The molecule has 0 bridgehead atoms. The molecular weight excluding hydrogens is 410 g/mol. The fraction of sp³-hybridized carbons (Fsp3) is 0.500. The van der Waals surface area contributed by atoms with Gasteiger partial charge in [0.15, 0.2) is 0 Å². The molecule has 1 aromatic heterocycles. The van der Waals surface area contributed by atoms with Gasteiger partial charge in [-0.15, -0.1) is 0 Å². The average molecular weight is 442 g/mol. The Labute approximate surface area is 185 Å². The van der Waals surface area contributed by atoms with E-state index in [-0.39, 0.29) is 12.0 Å². The maximum atomic E-state index is 11.8. The van der Waals surface area contributed by atoms with E-state index in [4.69, 9.17) is 4.74 Å². The van der Waals surface area contributed by atoms with E-state index in [9.17, 15) is 8.42 Å². The Morgan fingerprint density at radius 3 is 2.45 bits per heavy atom. The lowest BCUT2D eigenvalue weighted by Crippen LogP contribution is -2.43. The molecule has 1 aromatic carbocycles. The maximum absolute atomic E-state index is 11.8. The summed E-state index contributed by atoms with van der Waals surface area (Å²) in [5, 5.41) is 0. The van der Waals surface area contributed by atoms with Crippen LogP contribution in [0.15, 0.2) is 59.3 Å². The van der Waals surface area contributed by atoms with Crippen molar-refractivity contribution in [2.45, 2.75) is 44.1 Å². The van der Waals surface area contributed by atoms with Crippen molar-refractivity contribution in [2.24, 2.45) is 10.3 Å². The van der Waals surface area contributed by atoms with Crippen LogP contribution >= 0.6 is 0 Å². The Morgan fingerprint density at radius 2 is 1.77 bits per heavy atom. The van der Waals surface area contributed by atoms with Crippen molar-refractivity contribution in [3.8, 4) is 0 Å². The van der Waals surface area contributed by atoms with Gasteiger partial charge >= 0.3 is 0 Å². The van der Waals surface area contributed by atoms with Gasteiger partial charge in [0.2, 0.25) is 10.0 Å². The fourth-order valence-electron chi connectivity index (χ4n) is 4.73. The highest BCUT2D eigenvalue weighted by Gasteiger charge is 2.29. The molecule has 1 saturated carbocycles. The number of sulfonamides is 1. The third-order valence-corrected chi connectivity index (χ3v) is 6.91. The SMILES string of the molecule is CS(=O)(=O)/N=C1\CCN(c2ccncc2)C[C@H]1COC1CCC(c2ccccc2)CC1. The van der Waals surface area contributed by atoms with Gasteiger partial charge in [0.25, 0.3) is 0 Å². The Morgan fingerprint density at radius 1 is 1.06 bits per heavy atom. The van der Waals surface area contributed by atoms with Crippen LogP contribution in [0.1, 0.15) is 43.6 Å². The van der Waals surface area contributed by atoms with Gasteiger partial charge in [-0.3, -0.25) is 4.98 Å². The standard InChI is InChI=1S/C24H31N3O3S/c1-31(28,29)26-24-13-16-27(22-11-14-25-15-12-22)17-21(24)18-30-23-9-7-20(8-10-23)19-5-3-2-4-6-19/h2-6,11-12,14-15,20-21,23H,7-10,13,16-18H2,1H3/b26-24+/t20?,21-,23?/m0/s1. The topological polar surface area (TPSA) is 71.9 Å². The van der Waals surface area contributed by atoms with Crippen LogP contribution in [-0.4, -0.2) is 51.2 Å². The first-order valence-corrected chi connectivity index (χ1v) is 12.9. The minimum Gasteiger partial charge on any atom is -0.377 e. The Balaban J connectivity index is 1.37. The van der Waals surface area contributed by atoms with Gasteiger partial charge in [-0.2, -0.15) is 4.40 Å². The second kappa shape index (κ2) is 9.92. The van der Waals surface area contributed by atoms with Gasteiger partial charge in [0.05, 0.1) is 19.0 Å². The lowest BCUT2D eigenvalue weighted by molar-refractivity contribution is 0.0147. The van der Waals surface area contributed by atoms with Gasteiger partial charge in [-0.25, -0.2) is 8.42 Å². The third kappa shape index (κ3) is 6.14. The number of aromatic nitrogens is 1. The van der Waals surface area contributed by atoms with Crippen molar-refractivity contribution >= 4 is 21.4 Å². The van der Waals surface area contributed by atoms with Crippen LogP contribution in [-0.2, 0) is 14.8 Å². The molecule has 166 valence electrons. The maximum Gasteiger partial charge on any atom is 0.250 e. The van der Waals surface area contributed by atoms with Crippen LogP contribution in [0.25, 0.3) is 0 Å². The molecule has 0 spiro atoms. The number of rotatable bonds is 6.